The lowest BCUT2D eigenvalue weighted by Crippen LogP contribution is -2.48. The maximum absolute atomic E-state index is 12.9. The molecular weight excluding hydrogens is 424 g/mol. The van der Waals surface area contributed by atoms with Crippen LogP contribution in [0.3, 0.4) is 0 Å². The smallest absolute Gasteiger partial charge is 0.356 e. The highest BCUT2D eigenvalue weighted by atomic mass is 16.5. The number of fused-ring (bicyclic) bond motifs is 1. The normalized spacial score (nSPS) is 14.2. The standard InChI is InChI=1S/C24H28N4O5/c1-31-17-6-4-16(5-7-17)28-12-10-27(11-13-28)15-21(29)26-22-19-9-8-18(32-2)14-20(19)25-23(22)24(30)33-3/h4-9,14,25H,10-13,15H2,1-3H3,(H,26,29). The van der Waals surface area contributed by atoms with Crippen LogP contribution in [0.4, 0.5) is 11.4 Å². The van der Waals surface area contributed by atoms with E-state index in [2.05, 4.69) is 20.1 Å². The molecule has 1 amide bonds. The highest BCUT2D eigenvalue weighted by molar-refractivity contribution is 6.11. The molecule has 1 aliphatic rings. The fourth-order valence-electron chi connectivity index (χ4n) is 4.03. The summed E-state index contributed by atoms with van der Waals surface area (Å²) in [6.45, 7) is 3.39. The summed E-state index contributed by atoms with van der Waals surface area (Å²) in [4.78, 5) is 32.6. The van der Waals surface area contributed by atoms with Crippen LogP contribution in [0.5, 0.6) is 11.5 Å². The number of rotatable bonds is 7. The third kappa shape index (κ3) is 4.88. The number of aromatic amines is 1. The van der Waals surface area contributed by atoms with Crippen LogP contribution in [0.2, 0.25) is 0 Å². The molecule has 1 aliphatic heterocycles. The Hall–Kier alpha value is -3.72. The minimum atomic E-state index is -0.548. The van der Waals surface area contributed by atoms with Crippen molar-refractivity contribution < 1.29 is 23.8 Å². The molecule has 0 bridgehead atoms. The van der Waals surface area contributed by atoms with Gasteiger partial charge in [0.15, 0.2) is 0 Å². The molecule has 9 heteroatoms. The van der Waals surface area contributed by atoms with Crippen molar-refractivity contribution in [3.8, 4) is 11.5 Å². The van der Waals surface area contributed by atoms with Crippen LogP contribution in [-0.4, -0.2) is 75.8 Å². The Labute approximate surface area is 192 Å². The van der Waals surface area contributed by atoms with Crippen molar-refractivity contribution in [2.75, 3.05) is 64.3 Å². The Morgan fingerprint density at radius 2 is 1.61 bits per heavy atom. The third-order valence-corrected chi connectivity index (χ3v) is 5.84. The second-order valence-corrected chi connectivity index (χ2v) is 7.79. The molecule has 0 unspecified atom stereocenters. The quantitative estimate of drug-likeness (QED) is 0.532. The van der Waals surface area contributed by atoms with Crippen molar-refractivity contribution in [1.82, 2.24) is 9.88 Å². The Bertz CT molecular complexity index is 1130. The van der Waals surface area contributed by atoms with Gasteiger partial charge in [-0.25, -0.2) is 4.79 Å². The fraction of sp³-hybridized carbons (Fsp3) is 0.333. The SMILES string of the molecule is COC(=O)c1[nH]c2cc(OC)ccc2c1NC(=O)CN1CCN(c2ccc(OC)cc2)CC1. The van der Waals surface area contributed by atoms with E-state index < -0.39 is 5.97 Å². The van der Waals surface area contributed by atoms with E-state index in [1.807, 2.05) is 24.3 Å². The molecule has 1 saturated heterocycles. The number of carbonyl (C=O) groups is 2. The Morgan fingerprint density at radius 3 is 2.24 bits per heavy atom. The number of aromatic nitrogens is 1. The lowest BCUT2D eigenvalue weighted by atomic mass is 10.2. The number of nitrogens with one attached hydrogen (secondary N) is 2. The summed E-state index contributed by atoms with van der Waals surface area (Å²) >= 11 is 0. The first-order valence-electron chi connectivity index (χ1n) is 10.7. The van der Waals surface area contributed by atoms with Gasteiger partial charge in [-0.15, -0.1) is 0 Å². The predicted octanol–water partition coefficient (Wildman–Crippen LogP) is 2.73. The van der Waals surface area contributed by atoms with Gasteiger partial charge in [0.2, 0.25) is 5.91 Å². The van der Waals surface area contributed by atoms with Gasteiger partial charge in [0.05, 0.1) is 39.1 Å². The number of piperazine rings is 1. The Balaban J connectivity index is 1.41. The molecule has 2 aromatic carbocycles. The van der Waals surface area contributed by atoms with Gasteiger partial charge < -0.3 is 29.4 Å². The molecule has 33 heavy (non-hydrogen) atoms. The minimum Gasteiger partial charge on any atom is -0.497 e. The highest BCUT2D eigenvalue weighted by Crippen LogP contribution is 2.31. The summed E-state index contributed by atoms with van der Waals surface area (Å²) in [6, 6.07) is 13.3. The first-order valence-corrected chi connectivity index (χ1v) is 10.7. The molecule has 2 heterocycles. The average molecular weight is 453 g/mol. The third-order valence-electron chi connectivity index (χ3n) is 5.84. The van der Waals surface area contributed by atoms with Crippen LogP contribution in [0, 0.1) is 0 Å². The molecule has 0 atom stereocenters. The lowest BCUT2D eigenvalue weighted by molar-refractivity contribution is -0.117. The molecule has 3 aromatic rings. The van der Waals surface area contributed by atoms with Crippen molar-refractivity contribution >= 4 is 34.2 Å². The second kappa shape index (κ2) is 9.83. The lowest BCUT2D eigenvalue weighted by Gasteiger charge is -2.35. The summed E-state index contributed by atoms with van der Waals surface area (Å²) < 4.78 is 15.4. The van der Waals surface area contributed by atoms with Gasteiger partial charge in [0.25, 0.3) is 0 Å². The predicted molar refractivity (Wildman–Crippen MR) is 126 cm³/mol. The zero-order valence-electron chi connectivity index (χ0n) is 19.0. The van der Waals surface area contributed by atoms with Gasteiger partial charge in [0.1, 0.15) is 17.2 Å². The van der Waals surface area contributed by atoms with E-state index in [1.165, 1.54) is 7.11 Å². The summed E-state index contributed by atoms with van der Waals surface area (Å²) in [5, 5.41) is 3.62. The summed E-state index contributed by atoms with van der Waals surface area (Å²) in [5.74, 6) is 0.743. The first-order chi connectivity index (χ1) is 16.0. The van der Waals surface area contributed by atoms with Gasteiger partial charge >= 0.3 is 5.97 Å². The molecular formula is C24H28N4O5. The van der Waals surface area contributed by atoms with E-state index in [0.29, 0.717) is 22.3 Å². The van der Waals surface area contributed by atoms with Gasteiger partial charge in [-0.3, -0.25) is 9.69 Å². The first kappa shape index (κ1) is 22.5. The Morgan fingerprint density at radius 1 is 0.939 bits per heavy atom. The van der Waals surface area contributed by atoms with Crippen molar-refractivity contribution in [2.45, 2.75) is 0 Å². The van der Waals surface area contributed by atoms with E-state index in [-0.39, 0.29) is 18.1 Å². The molecule has 0 radical (unpaired) electrons. The number of anilines is 2. The number of ether oxygens (including phenoxy) is 3. The van der Waals surface area contributed by atoms with Gasteiger partial charge in [-0.2, -0.15) is 0 Å². The Kier molecular flexibility index (Phi) is 6.69. The van der Waals surface area contributed by atoms with E-state index in [0.717, 1.165) is 37.6 Å². The number of esters is 1. The number of H-pyrrole nitrogens is 1. The summed E-state index contributed by atoms with van der Waals surface area (Å²) in [5.41, 5.74) is 2.44. The van der Waals surface area contributed by atoms with Gasteiger partial charge in [-0.05, 0) is 36.4 Å². The molecule has 0 aliphatic carbocycles. The monoisotopic (exact) mass is 452 g/mol. The zero-order valence-corrected chi connectivity index (χ0v) is 19.0. The number of nitrogens with zero attached hydrogens (tertiary/aromatic N) is 2. The molecule has 2 N–H and O–H groups in total. The second-order valence-electron chi connectivity index (χ2n) is 7.79. The summed E-state index contributed by atoms with van der Waals surface area (Å²) in [7, 11) is 4.53. The minimum absolute atomic E-state index is 0.185. The van der Waals surface area contributed by atoms with Crippen molar-refractivity contribution in [1.29, 1.82) is 0 Å². The number of carbonyl (C=O) groups excluding carboxylic acids is 2. The fourth-order valence-corrected chi connectivity index (χ4v) is 4.03. The van der Waals surface area contributed by atoms with Crippen molar-refractivity contribution in [3.05, 3.63) is 48.2 Å². The average Bonchev–Trinajstić information content (AvgIpc) is 3.21. The van der Waals surface area contributed by atoms with Crippen LogP contribution in [0.1, 0.15) is 10.5 Å². The molecule has 0 saturated carbocycles. The van der Waals surface area contributed by atoms with Crippen LogP contribution in [-0.2, 0) is 9.53 Å². The van der Waals surface area contributed by atoms with E-state index in [4.69, 9.17) is 14.2 Å². The van der Waals surface area contributed by atoms with Crippen LogP contribution in [0.25, 0.3) is 10.9 Å². The van der Waals surface area contributed by atoms with E-state index in [1.54, 1.807) is 32.4 Å². The summed E-state index contributed by atoms with van der Waals surface area (Å²) in [6.07, 6.45) is 0. The molecule has 174 valence electrons. The number of hydrogen-bond acceptors (Lipinski definition) is 7. The van der Waals surface area contributed by atoms with E-state index in [9.17, 15) is 9.59 Å². The molecule has 1 fully saturated rings. The number of methoxy groups -OCH3 is 3. The maximum atomic E-state index is 12.9. The number of benzene rings is 2. The van der Waals surface area contributed by atoms with Gasteiger partial charge in [0, 0.05) is 43.3 Å². The van der Waals surface area contributed by atoms with Gasteiger partial charge in [-0.1, -0.05) is 0 Å². The van der Waals surface area contributed by atoms with Crippen molar-refractivity contribution in [3.63, 3.8) is 0 Å². The maximum Gasteiger partial charge on any atom is 0.356 e. The molecule has 1 aromatic heterocycles. The van der Waals surface area contributed by atoms with Crippen LogP contribution >= 0.6 is 0 Å². The molecule has 9 nitrogen and oxygen atoms in total. The van der Waals surface area contributed by atoms with Crippen LogP contribution < -0.4 is 19.7 Å². The molecule has 0 spiro atoms. The highest BCUT2D eigenvalue weighted by Gasteiger charge is 2.23. The largest absolute Gasteiger partial charge is 0.497 e. The topological polar surface area (TPSA) is 96.1 Å². The van der Waals surface area contributed by atoms with E-state index >= 15 is 0 Å². The zero-order chi connectivity index (χ0) is 23.4. The number of hydrogen-bond donors (Lipinski definition) is 2. The van der Waals surface area contributed by atoms with Crippen LogP contribution in [0.15, 0.2) is 42.5 Å². The number of amides is 1. The molecule has 4 rings (SSSR count). The van der Waals surface area contributed by atoms with Crippen molar-refractivity contribution in [2.24, 2.45) is 0 Å².